The van der Waals surface area contributed by atoms with E-state index in [1.807, 2.05) is 0 Å². The molecule has 2 N–H and O–H groups in total. The molecule has 1 saturated carbocycles. The monoisotopic (exact) mass is 330 g/mol. The maximum atomic E-state index is 12.4. The molecule has 0 aromatic heterocycles. The van der Waals surface area contributed by atoms with E-state index in [0.29, 0.717) is 26.1 Å². The lowest BCUT2D eigenvalue weighted by atomic mass is 9.81. The minimum absolute atomic E-state index is 0.111. The summed E-state index contributed by atoms with van der Waals surface area (Å²) in [6, 6.07) is 6.28. The number of carbonyl (C=O) groups is 2. The van der Waals surface area contributed by atoms with Crippen LogP contribution in [0.2, 0.25) is 0 Å². The van der Waals surface area contributed by atoms with Crippen LogP contribution in [0.5, 0.6) is 0 Å². The average Bonchev–Trinajstić information content (AvgIpc) is 3.03. The first-order valence-corrected chi connectivity index (χ1v) is 8.74. The van der Waals surface area contributed by atoms with Crippen LogP contribution >= 0.6 is 0 Å². The van der Waals surface area contributed by atoms with Gasteiger partial charge in [-0.2, -0.15) is 0 Å². The minimum Gasteiger partial charge on any atom is -0.481 e. The molecule has 24 heavy (non-hydrogen) atoms. The number of rotatable bonds is 4. The molecule has 0 unspecified atom stereocenters. The van der Waals surface area contributed by atoms with E-state index in [1.54, 1.807) is 4.90 Å². The Balaban J connectivity index is 1.54. The third-order valence-electron chi connectivity index (χ3n) is 5.56. The molecule has 1 aromatic rings. The Morgan fingerprint density at radius 1 is 1.29 bits per heavy atom. The minimum atomic E-state index is -0.740. The number of fused-ring (bicyclic) bond motifs is 1. The Morgan fingerprint density at radius 3 is 2.62 bits per heavy atom. The van der Waals surface area contributed by atoms with Crippen LogP contribution in [-0.2, 0) is 11.2 Å². The molecule has 0 radical (unpaired) electrons. The molecule has 0 spiro atoms. The number of aliphatic carboxylic acids is 1. The Labute approximate surface area is 143 Å². The summed E-state index contributed by atoms with van der Waals surface area (Å²) < 4.78 is 0. The summed E-state index contributed by atoms with van der Waals surface area (Å²) >= 11 is 0. The molecule has 2 amide bonds. The maximum absolute atomic E-state index is 12.4. The van der Waals surface area contributed by atoms with Gasteiger partial charge in [-0.15, -0.1) is 0 Å². The normalized spacial score (nSPS) is 25.6. The molecule has 2 aliphatic rings. The number of benzene rings is 1. The van der Waals surface area contributed by atoms with Crippen molar-refractivity contribution in [3.05, 3.63) is 34.9 Å². The molecule has 2 fully saturated rings. The lowest BCUT2D eigenvalue weighted by molar-refractivity contribution is -0.149. The number of nitrogens with zero attached hydrogens (tertiary/aromatic N) is 1. The predicted molar refractivity (Wildman–Crippen MR) is 92.0 cm³/mol. The molecule has 2 atom stereocenters. The highest BCUT2D eigenvalue weighted by atomic mass is 16.4. The topological polar surface area (TPSA) is 69.6 Å². The van der Waals surface area contributed by atoms with Crippen molar-refractivity contribution in [2.75, 3.05) is 19.6 Å². The molecule has 1 aromatic carbocycles. The number of carboxylic acid groups (broad SMARTS) is 1. The van der Waals surface area contributed by atoms with Crippen molar-refractivity contribution in [1.29, 1.82) is 0 Å². The van der Waals surface area contributed by atoms with Gasteiger partial charge in [-0.05, 0) is 44.6 Å². The Hall–Kier alpha value is -2.04. The van der Waals surface area contributed by atoms with Crippen LogP contribution in [0, 0.1) is 25.2 Å². The maximum Gasteiger partial charge on any atom is 0.317 e. The summed E-state index contributed by atoms with van der Waals surface area (Å²) in [6.45, 7) is 5.64. The fourth-order valence-electron chi connectivity index (χ4n) is 4.43. The second-order valence-corrected chi connectivity index (χ2v) is 7.41. The van der Waals surface area contributed by atoms with E-state index in [2.05, 4.69) is 37.4 Å². The fraction of sp³-hybridized carbons (Fsp3) is 0.579. The van der Waals surface area contributed by atoms with Gasteiger partial charge in [0.15, 0.2) is 0 Å². The molecule has 1 heterocycles. The number of likely N-dealkylation sites (tertiary alicyclic amines) is 1. The number of nitrogens with one attached hydrogen (secondary N) is 1. The van der Waals surface area contributed by atoms with E-state index in [1.165, 1.54) is 16.7 Å². The van der Waals surface area contributed by atoms with Gasteiger partial charge in [0.05, 0.1) is 5.41 Å². The first-order chi connectivity index (χ1) is 11.4. The molecular formula is C19H26N2O3. The quantitative estimate of drug-likeness (QED) is 0.892. The highest BCUT2D eigenvalue weighted by Crippen LogP contribution is 2.48. The smallest absolute Gasteiger partial charge is 0.317 e. The third kappa shape index (κ3) is 3.12. The van der Waals surface area contributed by atoms with Gasteiger partial charge in [0.2, 0.25) is 0 Å². The lowest BCUT2D eigenvalue weighted by Gasteiger charge is -2.23. The van der Waals surface area contributed by atoms with Crippen molar-refractivity contribution >= 4 is 12.0 Å². The second-order valence-electron chi connectivity index (χ2n) is 7.41. The number of carboxylic acids is 1. The van der Waals surface area contributed by atoms with Crippen LogP contribution in [0.3, 0.4) is 0 Å². The molecule has 5 nitrogen and oxygen atoms in total. The number of aryl methyl sites for hydroxylation is 2. The summed E-state index contributed by atoms with van der Waals surface area (Å²) in [7, 11) is 0. The fourth-order valence-corrected chi connectivity index (χ4v) is 4.43. The Kier molecular flexibility index (Phi) is 4.52. The zero-order chi connectivity index (χ0) is 17.3. The predicted octanol–water partition coefficient (Wildman–Crippen LogP) is 2.74. The highest BCUT2D eigenvalue weighted by Gasteiger charge is 2.55. The van der Waals surface area contributed by atoms with Gasteiger partial charge in [0.1, 0.15) is 0 Å². The highest BCUT2D eigenvalue weighted by molar-refractivity contribution is 5.80. The van der Waals surface area contributed by atoms with Crippen molar-refractivity contribution in [3.8, 4) is 0 Å². The van der Waals surface area contributed by atoms with Crippen LogP contribution in [-0.4, -0.2) is 41.6 Å². The van der Waals surface area contributed by atoms with Gasteiger partial charge in [0, 0.05) is 19.6 Å². The number of carbonyl (C=O) groups excluding carboxylic acids is 1. The van der Waals surface area contributed by atoms with Gasteiger partial charge < -0.3 is 15.3 Å². The number of hydrogen-bond donors (Lipinski definition) is 2. The Morgan fingerprint density at radius 2 is 2.00 bits per heavy atom. The van der Waals surface area contributed by atoms with Gasteiger partial charge in [-0.25, -0.2) is 4.79 Å². The summed E-state index contributed by atoms with van der Waals surface area (Å²) in [5, 5.41) is 12.5. The second kappa shape index (κ2) is 6.46. The third-order valence-corrected chi connectivity index (χ3v) is 5.56. The number of urea groups is 1. The van der Waals surface area contributed by atoms with E-state index in [-0.39, 0.29) is 11.9 Å². The first-order valence-electron chi connectivity index (χ1n) is 8.74. The largest absolute Gasteiger partial charge is 0.481 e. The van der Waals surface area contributed by atoms with E-state index in [4.69, 9.17) is 0 Å². The molecular weight excluding hydrogens is 304 g/mol. The van der Waals surface area contributed by atoms with Crippen molar-refractivity contribution in [2.45, 2.75) is 39.5 Å². The molecule has 130 valence electrons. The van der Waals surface area contributed by atoms with Crippen LogP contribution in [0.25, 0.3) is 0 Å². The Bertz CT molecular complexity index is 638. The van der Waals surface area contributed by atoms with Crippen LogP contribution in [0.15, 0.2) is 18.2 Å². The molecule has 5 heteroatoms. The standard InChI is InChI=1S/C19H26N2O3/c1-13-8-14(2)10-15(9-13)5-7-20-18(24)21-11-16-4-3-6-19(16,12-21)17(22)23/h8-10,16H,3-7,11-12H2,1-2H3,(H,20,24)(H,22,23)/t16-,19+/m0/s1. The molecule has 1 aliphatic heterocycles. The van der Waals surface area contributed by atoms with Crippen molar-refractivity contribution in [3.63, 3.8) is 0 Å². The summed E-state index contributed by atoms with van der Waals surface area (Å²) in [5.41, 5.74) is 2.97. The van der Waals surface area contributed by atoms with E-state index < -0.39 is 11.4 Å². The van der Waals surface area contributed by atoms with Crippen molar-refractivity contribution in [2.24, 2.45) is 11.3 Å². The summed E-state index contributed by atoms with van der Waals surface area (Å²) in [6.07, 6.45) is 3.35. The average molecular weight is 330 g/mol. The summed E-state index contributed by atoms with van der Waals surface area (Å²) in [4.78, 5) is 25.8. The van der Waals surface area contributed by atoms with Gasteiger partial charge in [-0.1, -0.05) is 35.7 Å². The van der Waals surface area contributed by atoms with Crippen molar-refractivity contribution < 1.29 is 14.7 Å². The number of hydrogen-bond acceptors (Lipinski definition) is 2. The van der Waals surface area contributed by atoms with Crippen LogP contribution in [0.4, 0.5) is 4.79 Å². The first kappa shape index (κ1) is 16.8. The zero-order valence-corrected chi connectivity index (χ0v) is 14.5. The van der Waals surface area contributed by atoms with E-state index >= 15 is 0 Å². The molecule has 3 rings (SSSR count). The van der Waals surface area contributed by atoms with Crippen molar-refractivity contribution in [1.82, 2.24) is 10.2 Å². The van der Waals surface area contributed by atoms with Gasteiger partial charge in [-0.3, -0.25) is 4.79 Å². The van der Waals surface area contributed by atoms with Gasteiger partial charge >= 0.3 is 12.0 Å². The van der Waals surface area contributed by atoms with E-state index in [0.717, 1.165) is 19.3 Å². The van der Waals surface area contributed by atoms with Gasteiger partial charge in [0.25, 0.3) is 0 Å². The van der Waals surface area contributed by atoms with Crippen LogP contribution < -0.4 is 5.32 Å². The lowest BCUT2D eigenvalue weighted by Crippen LogP contribution is -2.42. The SMILES string of the molecule is Cc1cc(C)cc(CCNC(=O)N2C[C@@H]3CCC[C@@]3(C(=O)O)C2)c1. The van der Waals surface area contributed by atoms with Crippen LogP contribution in [0.1, 0.15) is 36.0 Å². The zero-order valence-electron chi connectivity index (χ0n) is 14.5. The number of amides is 2. The van der Waals surface area contributed by atoms with E-state index in [9.17, 15) is 14.7 Å². The molecule has 1 aliphatic carbocycles. The molecule has 1 saturated heterocycles. The summed E-state index contributed by atoms with van der Waals surface area (Å²) in [5.74, 6) is -0.629. The molecule has 0 bridgehead atoms.